The normalized spacial score (nSPS) is 21.1. The molecule has 2 N–H and O–H groups in total. The van der Waals surface area contributed by atoms with Crippen molar-refractivity contribution in [3.63, 3.8) is 0 Å². The summed E-state index contributed by atoms with van der Waals surface area (Å²) in [7, 11) is 0. The number of fused-ring (bicyclic) bond motifs is 2. The molecule has 0 aliphatic carbocycles. The number of carbonyl (C=O) groups excluding carboxylic acids is 1. The van der Waals surface area contributed by atoms with Crippen LogP contribution in [-0.4, -0.2) is 66.2 Å². The number of rotatable bonds is 5. The minimum absolute atomic E-state index is 0.109. The first-order valence-corrected chi connectivity index (χ1v) is 12.7. The van der Waals surface area contributed by atoms with E-state index in [9.17, 15) is 23.1 Å². The largest absolute Gasteiger partial charge is 0.392 e. The van der Waals surface area contributed by atoms with Crippen LogP contribution in [0.5, 0.6) is 0 Å². The fourth-order valence-corrected chi connectivity index (χ4v) is 6.02. The number of likely N-dealkylation sites (tertiary alicyclic amines) is 2. The van der Waals surface area contributed by atoms with E-state index in [1.54, 1.807) is 11.0 Å². The van der Waals surface area contributed by atoms with E-state index in [4.69, 9.17) is 0 Å². The number of aliphatic hydroxyl groups is 1. The van der Waals surface area contributed by atoms with E-state index in [1.807, 2.05) is 6.07 Å². The molecule has 5 rings (SSSR count). The highest BCUT2D eigenvalue weighted by Crippen LogP contribution is 2.45. The van der Waals surface area contributed by atoms with Gasteiger partial charge in [0.2, 0.25) is 5.91 Å². The Morgan fingerprint density at radius 2 is 1.78 bits per heavy atom. The van der Waals surface area contributed by atoms with Gasteiger partial charge in [0, 0.05) is 55.0 Å². The van der Waals surface area contributed by atoms with Crippen LogP contribution in [0.2, 0.25) is 0 Å². The molecular weight excluding hydrogens is 467 g/mol. The van der Waals surface area contributed by atoms with Gasteiger partial charge < -0.3 is 20.2 Å². The molecule has 8 heteroatoms. The SMILES string of the molecule is O=C(/C=C/c1cc(F)cc(F)c1)N1CCC(C(O)CN2CCC3(CC2)CNc2cccc(F)c23)CC1. The van der Waals surface area contributed by atoms with Crippen LogP contribution in [0, 0.1) is 23.4 Å². The maximum Gasteiger partial charge on any atom is 0.246 e. The summed E-state index contributed by atoms with van der Waals surface area (Å²) < 4.78 is 41.2. The number of carbonyl (C=O) groups is 1. The minimum atomic E-state index is -0.683. The number of piperidine rings is 2. The average Bonchev–Trinajstić information content (AvgIpc) is 3.23. The molecule has 0 saturated carbocycles. The van der Waals surface area contributed by atoms with Crippen molar-refractivity contribution in [3.8, 4) is 0 Å². The second kappa shape index (κ2) is 10.3. The zero-order chi connectivity index (χ0) is 25.3. The van der Waals surface area contributed by atoms with Gasteiger partial charge in [-0.05, 0) is 80.6 Å². The number of hydrogen-bond acceptors (Lipinski definition) is 4. The third-order valence-electron chi connectivity index (χ3n) is 8.12. The molecule has 1 spiro atoms. The van der Waals surface area contributed by atoms with Crippen LogP contribution < -0.4 is 5.32 Å². The lowest BCUT2D eigenvalue weighted by molar-refractivity contribution is -0.128. The summed E-state index contributed by atoms with van der Waals surface area (Å²) in [5, 5.41) is 14.3. The van der Waals surface area contributed by atoms with E-state index < -0.39 is 17.7 Å². The van der Waals surface area contributed by atoms with Crippen molar-refractivity contribution < 1.29 is 23.1 Å². The molecule has 1 atom stereocenters. The number of benzene rings is 2. The molecule has 2 saturated heterocycles. The van der Waals surface area contributed by atoms with E-state index in [-0.39, 0.29) is 23.1 Å². The van der Waals surface area contributed by atoms with Crippen molar-refractivity contribution in [2.75, 3.05) is 44.6 Å². The zero-order valence-electron chi connectivity index (χ0n) is 20.2. The van der Waals surface area contributed by atoms with Crippen LogP contribution in [-0.2, 0) is 10.2 Å². The average molecular weight is 500 g/mol. The van der Waals surface area contributed by atoms with Crippen molar-refractivity contribution in [3.05, 3.63) is 71.1 Å². The molecule has 1 amide bonds. The van der Waals surface area contributed by atoms with Crippen LogP contribution in [0.1, 0.15) is 36.8 Å². The number of aliphatic hydroxyl groups excluding tert-OH is 1. The first kappa shape index (κ1) is 24.8. The lowest BCUT2D eigenvalue weighted by Gasteiger charge is -2.41. The van der Waals surface area contributed by atoms with Gasteiger partial charge in [0.1, 0.15) is 17.5 Å². The van der Waals surface area contributed by atoms with Crippen LogP contribution in [0.3, 0.4) is 0 Å². The Morgan fingerprint density at radius 1 is 1.08 bits per heavy atom. The van der Waals surface area contributed by atoms with Crippen LogP contribution in [0.25, 0.3) is 6.08 Å². The molecule has 2 fully saturated rings. The van der Waals surface area contributed by atoms with E-state index in [2.05, 4.69) is 10.2 Å². The molecule has 3 aliphatic rings. The summed E-state index contributed by atoms with van der Waals surface area (Å²) in [5.74, 6) is -1.59. The Hall–Kier alpha value is -2.84. The molecule has 3 aliphatic heterocycles. The molecule has 192 valence electrons. The maximum atomic E-state index is 14.6. The summed E-state index contributed by atoms with van der Waals surface area (Å²) in [6.45, 7) is 4.04. The van der Waals surface area contributed by atoms with E-state index in [1.165, 1.54) is 30.4 Å². The summed E-state index contributed by atoms with van der Waals surface area (Å²) in [4.78, 5) is 16.5. The summed E-state index contributed by atoms with van der Waals surface area (Å²) >= 11 is 0. The fraction of sp³-hybridized carbons (Fsp3) is 0.464. The molecule has 0 aromatic heterocycles. The zero-order valence-corrected chi connectivity index (χ0v) is 20.2. The number of nitrogens with one attached hydrogen (secondary N) is 1. The second-order valence-electron chi connectivity index (χ2n) is 10.4. The number of hydrogen-bond donors (Lipinski definition) is 2. The predicted molar refractivity (Wildman–Crippen MR) is 133 cm³/mol. The number of amides is 1. The molecule has 2 aromatic carbocycles. The highest BCUT2D eigenvalue weighted by atomic mass is 19.1. The lowest BCUT2D eigenvalue weighted by atomic mass is 9.74. The van der Waals surface area contributed by atoms with Crippen LogP contribution >= 0.6 is 0 Å². The Kier molecular flexibility index (Phi) is 7.08. The highest BCUT2D eigenvalue weighted by molar-refractivity contribution is 5.91. The van der Waals surface area contributed by atoms with Gasteiger partial charge in [0.25, 0.3) is 0 Å². The lowest BCUT2D eigenvalue weighted by Crippen LogP contribution is -2.48. The summed E-state index contributed by atoms with van der Waals surface area (Å²) in [6.07, 6.45) is 5.40. The van der Waals surface area contributed by atoms with Gasteiger partial charge in [-0.15, -0.1) is 0 Å². The van der Waals surface area contributed by atoms with Gasteiger partial charge in [0.05, 0.1) is 6.10 Å². The third-order valence-corrected chi connectivity index (χ3v) is 8.12. The summed E-state index contributed by atoms with van der Waals surface area (Å²) in [5.41, 5.74) is 1.86. The molecule has 36 heavy (non-hydrogen) atoms. The molecular formula is C28H32F3N3O2. The minimum Gasteiger partial charge on any atom is -0.392 e. The van der Waals surface area contributed by atoms with Crippen molar-refractivity contribution >= 4 is 17.7 Å². The van der Waals surface area contributed by atoms with Crippen molar-refractivity contribution in [1.29, 1.82) is 0 Å². The van der Waals surface area contributed by atoms with Crippen LogP contribution in [0.4, 0.5) is 18.9 Å². The van der Waals surface area contributed by atoms with E-state index in [0.717, 1.165) is 49.8 Å². The molecule has 2 aromatic rings. The maximum absolute atomic E-state index is 14.6. The van der Waals surface area contributed by atoms with E-state index in [0.29, 0.717) is 38.0 Å². The fourth-order valence-electron chi connectivity index (χ4n) is 6.02. The molecule has 0 radical (unpaired) electrons. The topological polar surface area (TPSA) is 55.8 Å². The number of halogens is 3. The molecule has 1 unspecified atom stereocenters. The van der Waals surface area contributed by atoms with Gasteiger partial charge in [-0.2, -0.15) is 0 Å². The Morgan fingerprint density at radius 3 is 2.47 bits per heavy atom. The smallest absolute Gasteiger partial charge is 0.246 e. The van der Waals surface area contributed by atoms with Crippen LogP contribution in [0.15, 0.2) is 42.5 Å². The first-order chi connectivity index (χ1) is 17.3. The van der Waals surface area contributed by atoms with Gasteiger partial charge in [0.15, 0.2) is 0 Å². The number of β-amino-alcohol motifs (C(OH)–C–C–N with tert-alkyl or cyclic N) is 1. The molecule has 5 nitrogen and oxygen atoms in total. The van der Waals surface area contributed by atoms with Crippen molar-refractivity contribution in [1.82, 2.24) is 9.80 Å². The Labute approximate surface area is 209 Å². The van der Waals surface area contributed by atoms with Crippen molar-refractivity contribution in [2.24, 2.45) is 5.92 Å². The first-order valence-electron chi connectivity index (χ1n) is 12.7. The third kappa shape index (κ3) is 5.15. The van der Waals surface area contributed by atoms with Crippen molar-refractivity contribution in [2.45, 2.75) is 37.2 Å². The predicted octanol–water partition coefficient (Wildman–Crippen LogP) is 4.18. The standard InChI is InChI=1S/C28H32F3N3O2/c29-21-14-19(15-22(30)16-21)4-5-26(36)34-10-6-20(7-11-34)25(35)17-33-12-8-28(9-13-33)18-32-24-3-1-2-23(31)27(24)28/h1-5,14-16,20,25,32,35H,6-13,17-18H2/b5-4+. The van der Waals surface area contributed by atoms with E-state index >= 15 is 0 Å². The summed E-state index contributed by atoms with van der Waals surface area (Å²) in [6, 6.07) is 8.37. The number of anilines is 1. The van der Waals surface area contributed by atoms with Gasteiger partial charge in [-0.1, -0.05) is 6.07 Å². The highest BCUT2D eigenvalue weighted by Gasteiger charge is 2.43. The molecule has 3 heterocycles. The number of nitrogens with zero attached hydrogens (tertiary/aromatic N) is 2. The van der Waals surface area contributed by atoms with Gasteiger partial charge in [-0.25, -0.2) is 13.2 Å². The van der Waals surface area contributed by atoms with Gasteiger partial charge >= 0.3 is 0 Å². The quantitative estimate of drug-likeness (QED) is 0.607. The Balaban J connectivity index is 1.09. The molecule has 0 bridgehead atoms. The second-order valence-corrected chi connectivity index (χ2v) is 10.4. The van der Waals surface area contributed by atoms with Gasteiger partial charge in [-0.3, -0.25) is 4.79 Å². The Bertz CT molecular complexity index is 1120. The monoisotopic (exact) mass is 499 g/mol.